The van der Waals surface area contributed by atoms with Crippen LogP contribution in [0.4, 0.5) is 0 Å². The maximum Gasteiger partial charge on any atom is 0.316 e. The average molecular weight is 283 g/mol. The molecular formula is C16H17N3O2. The zero-order chi connectivity index (χ0) is 15.2. The molecule has 1 aromatic rings. The van der Waals surface area contributed by atoms with Crippen LogP contribution in [-0.4, -0.2) is 22.9 Å². The highest BCUT2D eigenvalue weighted by atomic mass is 16.5. The lowest BCUT2D eigenvalue weighted by Crippen LogP contribution is -2.42. The summed E-state index contributed by atoms with van der Waals surface area (Å²) in [5, 5.41) is 9.24. The van der Waals surface area contributed by atoms with E-state index in [-0.39, 0.29) is 23.2 Å². The van der Waals surface area contributed by atoms with Crippen LogP contribution in [0.1, 0.15) is 37.4 Å². The Balaban J connectivity index is 2.17. The van der Waals surface area contributed by atoms with E-state index in [1.807, 2.05) is 19.9 Å². The standard InChI is InChI=1S/C16H17N3O2/c1-16(2)12-5-4-9-8-18-15(21-3)19-13(9)11(12)6-10(7-17)14(16)20/h6,8,11-12H,4-5H2,1-3H3. The fourth-order valence-electron chi connectivity index (χ4n) is 3.53. The molecule has 0 saturated carbocycles. The van der Waals surface area contributed by atoms with Crippen LogP contribution in [-0.2, 0) is 11.2 Å². The molecule has 0 aromatic carbocycles. The van der Waals surface area contributed by atoms with Gasteiger partial charge in [-0.05, 0) is 24.3 Å². The highest BCUT2D eigenvalue weighted by molar-refractivity contribution is 6.04. The van der Waals surface area contributed by atoms with Crippen LogP contribution in [0.25, 0.3) is 0 Å². The minimum absolute atomic E-state index is 0.0204. The molecule has 0 bridgehead atoms. The van der Waals surface area contributed by atoms with Crippen molar-refractivity contribution in [2.45, 2.75) is 32.6 Å². The number of carbonyl (C=O) groups excluding carboxylic acids is 1. The van der Waals surface area contributed by atoms with E-state index in [0.717, 1.165) is 24.1 Å². The third-order valence-corrected chi connectivity index (χ3v) is 4.76. The van der Waals surface area contributed by atoms with Gasteiger partial charge in [-0.25, -0.2) is 4.98 Å². The molecule has 2 unspecified atom stereocenters. The predicted molar refractivity (Wildman–Crippen MR) is 75.6 cm³/mol. The van der Waals surface area contributed by atoms with Crippen molar-refractivity contribution in [3.63, 3.8) is 0 Å². The number of hydrogen-bond acceptors (Lipinski definition) is 5. The monoisotopic (exact) mass is 283 g/mol. The number of carbonyl (C=O) groups is 1. The number of aryl methyl sites for hydroxylation is 1. The van der Waals surface area contributed by atoms with Gasteiger partial charge in [-0.3, -0.25) is 4.79 Å². The van der Waals surface area contributed by atoms with Gasteiger partial charge in [-0.15, -0.1) is 0 Å². The van der Waals surface area contributed by atoms with E-state index in [2.05, 4.69) is 9.97 Å². The molecule has 2 atom stereocenters. The molecule has 1 heterocycles. The Hall–Kier alpha value is -2.22. The van der Waals surface area contributed by atoms with Crippen molar-refractivity contribution >= 4 is 5.78 Å². The molecule has 0 fully saturated rings. The SMILES string of the molecule is COc1ncc2c(n1)C1C=C(C#N)C(=O)C(C)(C)C1CC2. The van der Waals surface area contributed by atoms with Gasteiger partial charge in [-0.2, -0.15) is 10.2 Å². The zero-order valence-electron chi connectivity index (χ0n) is 12.4. The van der Waals surface area contributed by atoms with Crippen LogP contribution in [0.2, 0.25) is 0 Å². The van der Waals surface area contributed by atoms with Gasteiger partial charge < -0.3 is 4.74 Å². The topological polar surface area (TPSA) is 75.9 Å². The summed E-state index contributed by atoms with van der Waals surface area (Å²) in [6, 6.07) is 2.37. The second-order valence-corrected chi connectivity index (χ2v) is 6.18. The first-order valence-electron chi connectivity index (χ1n) is 7.05. The lowest BCUT2D eigenvalue weighted by molar-refractivity contribution is -0.127. The fourth-order valence-corrected chi connectivity index (χ4v) is 3.53. The number of methoxy groups -OCH3 is 1. The maximum absolute atomic E-state index is 12.4. The Morgan fingerprint density at radius 2 is 2.24 bits per heavy atom. The van der Waals surface area contributed by atoms with Crippen LogP contribution in [0.3, 0.4) is 0 Å². The first-order valence-corrected chi connectivity index (χ1v) is 7.05. The van der Waals surface area contributed by atoms with Gasteiger partial charge in [0.25, 0.3) is 0 Å². The maximum atomic E-state index is 12.4. The third-order valence-electron chi connectivity index (χ3n) is 4.76. The first kappa shape index (κ1) is 13.7. The summed E-state index contributed by atoms with van der Waals surface area (Å²) >= 11 is 0. The van der Waals surface area contributed by atoms with Gasteiger partial charge in [-0.1, -0.05) is 19.9 Å². The predicted octanol–water partition coefficient (Wildman–Crippen LogP) is 2.19. The largest absolute Gasteiger partial charge is 0.467 e. The minimum Gasteiger partial charge on any atom is -0.467 e. The van der Waals surface area contributed by atoms with Crippen molar-refractivity contribution in [1.82, 2.24) is 9.97 Å². The molecule has 2 aliphatic carbocycles. The highest BCUT2D eigenvalue weighted by Gasteiger charge is 2.48. The Bertz CT molecular complexity index is 685. The second kappa shape index (κ2) is 4.66. The summed E-state index contributed by atoms with van der Waals surface area (Å²) in [6.07, 6.45) is 5.33. The Morgan fingerprint density at radius 1 is 1.48 bits per heavy atom. The average Bonchev–Trinajstić information content (AvgIpc) is 2.50. The van der Waals surface area contributed by atoms with Crippen molar-refractivity contribution in [1.29, 1.82) is 5.26 Å². The number of fused-ring (bicyclic) bond motifs is 3. The zero-order valence-corrected chi connectivity index (χ0v) is 12.4. The molecule has 5 heteroatoms. The van der Waals surface area contributed by atoms with Crippen LogP contribution in [0.5, 0.6) is 6.01 Å². The molecule has 21 heavy (non-hydrogen) atoms. The number of hydrogen-bond donors (Lipinski definition) is 0. The number of nitriles is 1. The summed E-state index contributed by atoms with van der Waals surface area (Å²) in [5.74, 6) is 0.0814. The van der Waals surface area contributed by atoms with Gasteiger partial charge in [0, 0.05) is 17.5 Å². The number of ketones is 1. The van der Waals surface area contributed by atoms with Gasteiger partial charge in [0.1, 0.15) is 6.07 Å². The van der Waals surface area contributed by atoms with Crippen LogP contribution in [0.15, 0.2) is 17.8 Å². The third kappa shape index (κ3) is 1.94. The number of Topliss-reactive ketones (excluding diaryl/α,β-unsaturated/α-hetero) is 1. The van der Waals surface area contributed by atoms with Crippen molar-refractivity contribution in [3.05, 3.63) is 29.1 Å². The molecular weight excluding hydrogens is 266 g/mol. The summed E-state index contributed by atoms with van der Waals surface area (Å²) in [6.45, 7) is 3.86. The van der Waals surface area contributed by atoms with E-state index >= 15 is 0 Å². The van der Waals surface area contributed by atoms with Crippen LogP contribution in [0, 0.1) is 22.7 Å². The molecule has 0 radical (unpaired) electrons. The number of allylic oxidation sites excluding steroid dienone is 2. The Kier molecular flexibility index (Phi) is 3.05. The molecule has 0 aliphatic heterocycles. The fraction of sp³-hybridized carbons (Fsp3) is 0.500. The van der Waals surface area contributed by atoms with Crippen LogP contribution >= 0.6 is 0 Å². The summed E-state index contributed by atoms with van der Waals surface area (Å²) in [5.41, 5.74) is 1.68. The van der Waals surface area contributed by atoms with Crippen molar-refractivity contribution < 1.29 is 9.53 Å². The summed E-state index contributed by atoms with van der Waals surface area (Å²) in [7, 11) is 1.53. The van der Waals surface area contributed by atoms with Crippen molar-refractivity contribution in [3.8, 4) is 12.1 Å². The lowest BCUT2D eigenvalue weighted by Gasteiger charge is -2.43. The number of ether oxygens (including phenoxy) is 1. The van der Waals surface area contributed by atoms with Gasteiger partial charge in [0.05, 0.1) is 18.4 Å². The summed E-state index contributed by atoms with van der Waals surface area (Å²) in [4.78, 5) is 21.0. The van der Waals surface area contributed by atoms with Gasteiger partial charge in [0.2, 0.25) is 0 Å². The van der Waals surface area contributed by atoms with E-state index in [1.165, 1.54) is 7.11 Å². The Labute approximate surface area is 123 Å². The van der Waals surface area contributed by atoms with Gasteiger partial charge in [0.15, 0.2) is 5.78 Å². The van der Waals surface area contributed by atoms with E-state index in [9.17, 15) is 10.1 Å². The van der Waals surface area contributed by atoms with Gasteiger partial charge >= 0.3 is 6.01 Å². The van der Waals surface area contributed by atoms with Crippen molar-refractivity contribution in [2.75, 3.05) is 7.11 Å². The molecule has 0 amide bonds. The molecule has 2 aliphatic rings. The minimum atomic E-state index is -0.541. The Morgan fingerprint density at radius 3 is 2.90 bits per heavy atom. The van der Waals surface area contributed by atoms with Crippen LogP contribution < -0.4 is 4.74 Å². The molecule has 0 saturated heterocycles. The number of rotatable bonds is 1. The van der Waals surface area contributed by atoms with E-state index < -0.39 is 5.41 Å². The molecule has 5 nitrogen and oxygen atoms in total. The summed E-state index contributed by atoms with van der Waals surface area (Å²) < 4.78 is 5.11. The highest BCUT2D eigenvalue weighted by Crippen LogP contribution is 2.50. The normalized spacial score (nSPS) is 26.2. The van der Waals surface area contributed by atoms with E-state index in [0.29, 0.717) is 6.01 Å². The lowest BCUT2D eigenvalue weighted by atomic mass is 9.59. The number of nitrogens with zero attached hydrogens (tertiary/aromatic N) is 3. The smallest absolute Gasteiger partial charge is 0.316 e. The quantitative estimate of drug-likeness (QED) is 0.789. The number of aromatic nitrogens is 2. The van der Waals surface area contributed by atoms with E-state index in [1.54, 1.807) is 12.3 Å². The molecule has 108 valence electrons. The molecule has 3 rings (SSSR count). The van der Waals surface area contributed by atoms with Crippen molar-refractivity contribution in [2.24, 2.45) is 11.3 Å². The van der Waals surface area contributed by atoms with E-state index in [4.69, 9.17) is 4.74 Å². The molecule has 0 N–H and O–H groups in total. The first-order chi connectivity index (χ1) is 9.98. The molecule has 1 aromatic heterocycles. The second-order valence-electron chi connectivity index (χ2n) is 6.18. The molecule has 0 spiro atoms.